The fraction of sp³-hybridized carbons (Fsp3) is 1.00. The van der Waals surface area contributed by atoms with Gasteiger partial charge in [0.25, 0.3) is 0 Å². The first-order valence-corrected chi connectivity index (χ1v) is 11.2. The zero-order valence-corrected chi connectivity index (χ0v) is 20.7. The maximum atomic E-state index is 2.39. The smallest absolute Gasteiger partial charge is 0.0107 e. The van der Waals surface area contributed by atoms with Crippen molar-refractivity contribution in [2.75, 3.05) is 60.4 Å². The molecule has 0 aromatic rings. The molecular formula is C24H65N3. The summed E-state index contributed by atoms with van der Waals surface area (Å²) in [4.78, 5) is 7.11. The van der Waals surface area contributed by atoms with Crippen LogP contribution < -0.4 is 0 Å². The highest BCUT2D eigenvalue weighted by Gasteiger charge is 2.07. The highest BCUT2D eigenvalue weighted by atomic mass is 15.2. The van der Waals surface area contributed by atoms with E-state index in [9.17, 15) is 0 Å². The summed E-state index contributed by atoms with van der Waals surface area (Å²) in [5.74, 6) is 0. The number of piperazine rings is 1. The Morgan fingerprint density at radius 1 is 0.333 bits per heavy atom. The number of nitrogens with zero attached hydrogens (tertiary/aromatic N) is 3. The van der Waals surface area contributed by atoms with Crippen LogP contribution in [0.2, 0.25) is 0 Å². The molecule has 3 heteroatoms. The van der Waals surface area contributed by atoms with Crippen molar-refractivity contribution in [3.63, 3.8) is 0 Å². The first kappa shape index (κ1) is 45.6. The van der Waals surface area contributed by atoms with Crippen molar-refractivity contribution in [3.8, 4) is 0 Å². The summed E-state index contributed by atoms with van der Waals surface area (Å²) < 4.78 is 0. The van der Waals surface area contributed by atoms with E-state index in [0.717, 1.165) is 0 Å². The summed E-state index contributed by atoms with van der Waals surface area (Å²) in [6.07, 6.45) is 4.28. The third-order valence-electron chi connectivity index (χ3n) is 3.31. The first-order valence-electron chi connectivity index (χ1n) is 11.2. The third kappa shape index (κ3) is 46.2. The van der Waals surface area contributed by atoms with Gasteiger partial charge in [0, 0.05) is 26.2 Å². The predicted molar refractivity (Wildman–Crippen MR) is 137 cm³/mol. The van der Waals surface area contributed by atoms with Gasteiger partial charge in [-0.3, -0.25) is 0 Å². The second kappa shape index (κ2) is 50.1. The minimum absolute atomic E-state index is 0. The molecule has 0 spiro atoms. The molecule has 2 heterocycles. The molecule has 2 aliphatic heterocycles. The van der Waals surface area contributed by atoms with E-state index in [4.69, 9.17) is 0 Å². The standard InChI is InChI=1S/C6H14N2.C6H13N.5C2H6.2CH4/c1-7-3-5-8(2)6-4-7;1-7-5-3-2-4-6-7;5*1-2;;/h3-6H2,1-2H3;2-6H2,1H3;5*1-2H3;2*1H4. The second-order valence-corrected chi connectivity index (χ2v) is 4.97. The van der Waals surface area contributed by atoms with Crippen LogP contribution in [0.4, 0.5) is 0 Å². The summed E-state index contributed by atoms with van der Waals surface area (Å²) >= 11 is 0. The van der Waals surface area contributed by atoms with Crippen molar-refractivity contribution < 1.29 is 0 Å². The molecule has 27 heavy (non-hydrogen) atoms. The summed E-state index contributed by atoms with van der Waals surface area (Å²) in [7, 11) is 6.54. The van der Waals surface area contributed by atoms with Gasteiger partial charge in [-0.25, -0.2) is 0 Å². The molecule has 0 aromatic heterocycles. The molecule has 2 saturated heterocycles. The fourth-order valence-electron chi connectivity index (χ4n) is 1.96. The van der Waals surface area contributed by atoms with Crippen LogP contribution in [-0.4, -0.2) is 75.1 Å². The Morgan fingerprint density at radius 3 is 0.667 bits per heavy atom. The molecule has 0 aliphatic carbocycles. The van der Waals surface area contributed by atoms with Crippen LogP contribution in [0.3, 0.4) is 0 Å². The van der Waals surface area contributed by atoms with E-state index >= 15 is 0 Å². The number of piperidine rings is 1. The number of hydrogen-bond donors (Lipinski definition) is 0. The van der Waals surface area contributed by atoms with Crippen molar-refractivity contribution in [2.24, 2.45) is 0 Å². The SMILES string of the molecule is C.C.CC.CC.CC.CC.CC.CN1CCCCC1.CN1CCN(C)CC1. The molecule has 0 saturated carbocycles. The van der Waals surface area contributed by atoms with Gasteiger partial charge in [0.05, 0.1) is 0 Å². The van der Waals surface area contributed by atoms with Crippen LogP contribution in [0.5, 0.6) is 0 Å². The Kier molecular flexibility index (Phi) is 84.5. The lowest BCUT2D eigenvalue weighted by molar-refractivity contribution is 0.181. The minimum Gasteiger partial charge on any atom is -0.306 e. The summed E-state index contributed by atoms with van der Waals surface area (Å²) in [6.45, 7) is 27.6. The van der Waals surface area contributed by atoms with Gasteiger partial charge in [-0.1, -0.05) is 90.5 Å². The highest BCUT2D eigenvalue weighted by Crippen LogP contribution is 2.04. The zero-order chi connectivity index (χ0) is 21.1. The summed E-state index contributed by atoms with van der Waals surface area (Å²) in [5.41, 5.74) is 0. The van der Waals surface area contributed by atoms with Gasteiger partial charge in [0.1, 0.15) is 0 Å². The van der Waals surface area contributed by atoms with E-state index in [-0.39, 0.29) is 14.9 Å². The molecule has 0 atom stereocenters. The molecule has 3 nitrogen and oxygen atoms in total. The van der Waals surface area contributed by atoms with Crippen molar-refractivity contribution in [1.29, 1.82) is 0 Å². The molecular weight excluding hydrogens is 330 g/mol. The lowest BCUT2D eigenvalue weighted by atomic mass is 10.1. The maximum Gasteiger partial charge on any atom is 0.0107 e. The average molecular weight is 396 g/mol. The van der Waals surface area contributed by atoms with Crippen LogP contribution in [-0.2, 0) is 0 Å². The molecule has 0 aromatic carbocycles. The third-order valence-corrected chi connectivity index (χ3v) is 3.31. The van der Waals surface area contributed by atoms with Gasteiger partial charge < -0.3 is 14.7 Å². The van der Waals surface area contributed by atoms with Gasteiger partial charge in [-0.2, -0.15) is 0 Å². The Bertz CT molecular complexity index is 140. The first-order chi connectivity index (χ1) is 12.2. The van der Waals surface area contributed by atoms with Crippen LogP contribution in [0.15, 0.2) is 0 Å². The van der Waals surface area contributed by atoms with Crippen molar-refractivity contribution in [1.82, 2.24) is 14.7 Å². The average Bonchev–Trinajstić information content (AvgIpc) is 2.73. The topological polar surface area (TPSA) is 9.72 Å². The number of rotatable bonds is 0. The van der Waals surface area contributed by atoms with Gasteiger partial charge in [-0.05, 0) is 47.1 Å². The zero-order valence-electron chi connectivity index (χ0n) is 20.7. The Morgan fingerprint density at radius 2 is 0.519 bits per heavy atom. The van der Waals surface area contributed by atoms with E-state index in [1.807, 2.05) is 69.2 Å². The van der Waals surface area contributed by atoms with Crippen LogP contribution in [0, 0.1) is 0 Å². The lowest BCUT2D eigenvalue weighted by Gasteiger charge is -2.28. The normalized spacial score (nSPS) is 15.4. The van der Waals surface area contributed by atoms with Gasteiger partial charge in [-0.15, -0.1) is 0 Å². The second-order valence-electron chi connectivity index (χ2n) is 4.97. The number of likely N-dealkylation sites (tertiary alicyclic amines) is 1. The van der Waals surface area contributed by atoms with E-state index in [1.54, 1.807) is 0 Å². The van der Waals surface area contributed by atoms with E-state index in [1.165, 1.54) is 58.5 Å². The molecule has 0 N–H and O–H groups in total. The molecule has 0 bridgehead atoms. The number of hydrogen-bond acceptors (Lipinski definition) is 3. The van der Waals surface area contributed by atoms with Gasteiger partial charge >= 0.3 is 0 Å². The summed E-state index contributed by atoms with van der Waals surface area (Å²) in [5, 5.41) is 0. The van der Waals surface area contributed by atoms with Crippen LogP contribution in [0.1, 0.15) is 103 Å². The molecule has 2 aliphatic rings. The van der Waals surface area contributed by atoms with Crippen LogP contribution >= 0.6 is 0 Å². The van der Waals surface area contributed by atoms with E-state index in [0.29, 0.717) is 0 Å². The predicted octanol–water partition coefficient (Wildman–Crippen LogP) is 7.37. The molecule has 2 fully saturated rings. The fourth-order valence-corrected chi connectivity index (χ4v) is 1.96. The van der Waals surface area contributed by atoms with E-state index < -0.39 is 0 Å². The quantitative estimate of drug-likeness (QED) is 0.424. The van der Waals surface area contributed by atoms with Crippen LogP contribution in [0.25, 0.3) is 0 Å². The summed E-state index contributed by atoms with van der Waals surface area (Å²) in [6, 6.07) is 0. The number of likely N-dealkylation sites (N-methyl/N-ethyl adjacent to an activating group) is 2. The van der Waals surface area contributed by atoms with Gasteiger partial charge in [0.15, 0.2) is 0 Å². The van der Waals surface area contributed by atoms with Crippen molar-refractivity contribution in [3.05, 3.63) is 0 Å². The minimum atomic E-state index is 0. The largest absolute Gasteiger partial charge is 0.306 e. The highest BCUT2D eigenvalue weighted by molar-refractivity contribution is 4.64. The van der Waals surface area contributed by atoms with Crippen molar-refractivity contribution in [2.45, 2.75) is 103 Å². The molecule has 0 radical (unpaired) electrons. The maximum absolute atomic E-state index is 2.39. The monoisotopic (exact) mass is 396 g/mol. The Labute approximate surface area is 178 Å². The van der Waals surface area contributed by atoms with Gasteiger partial charge in [0.2, 0.25) is 0 Å². The molecule has 176 valence electrons. The Balaban J connectivity index is -0.0000000388. The molecule has 0 amide bonds. The van der Waals surface area contributed by atoms with E-state index in [2.05, 4.69) is 35.8 Å². The lowest BCUT2D eigenvalue weighted by Crippen LogP contribution is -2.42. The van der Waals surface area contributed by atoms with Crippen molar-refractivity contribution >= 4 is 0 Å². The molecule has 0 unspecified atom stereocenters. The molecule has 2 rings (SSSR count). The Hall–Kier alpha value is -0.120.